The van der Waals surface area contributed by atoms with E-state index in [4.69, 9.17) is 11.6 Å². The average Bonchev–Trinajstić information content (AvgIpc) is 2.34. The van der Waals surface area contributed by atoms with Crippen LogP contribution < -0.4 is 5.43 Å². The standard InChI is InChI=1S/C11H8ClFN4/c12-10-5-6-11(17-15-10)16-14-7-8-3-1-2-4-9(8)13/h1-7H,(H,16,17)/b14-7-. The summed E-state index contributed by atoms with van der Waals surface area (Å²) in [6.45, 7) is 0. The lowest BCUT2D eigenvalue weighted by Gasteiger charge is -1.98. The van der Waals surface area contributed by atoms with Crippen LogP contribution in [0.25, 0.3) is 0 Å². The number of hydrogen-bond acceptors (Lipinski definition) is 4. The zero-order valence-corrected chi connectivity index (χ0v) is 9.39. The molecular formula is C11H8ClFN4. The summed E-state index contributed by atoms with van der Waals surface area (Å²) in [4.78, 5) is 0. The van der Waals surface area contributed by atoms with Gasteiger partial charge in [-0.2, -0.15) is 5.10 Å². The molecule has 2 rings (SSSR count). The summed E-state index contributed by atoms with van der Waals surface area (Å²) in [6, 6.07) is 9.53. The molecule has 0 atom stereocenters. The topological polar surface area (TPSA) is 50.2 Å². The maximum Gasteiger partial charge on any atom is 0.168 e. The van der Waals surface area contributed by atoms with Crippen molar-refractivity contribution >= 4 is 23.6 Å². The van der Waals surface area contributed by atoms with Gasteiger partial charge in [0.25, 0.3) is 0 Å². The molecule has 1 aromatic heterocycles. The second-order valence-corrected chi connectivity index (χ2v) is 3.52. The van der Waals surface area contributed by atoms with Crippen molar-refractivity contribution in [2.24, 2.45) is 5.10 Å². The molecule has 1 aromatic carbocycles. The first kappa shape index (κ1) is 11.5. The number of hydrogen-bond donors (Lipinski definition) is 1. The van der Waals surface area contributed by atoms with Gasteiger partial charge < -0.3 is 0 Å². The van der Waals surface area contributed by atoms with E-state index >= 15 is 0 Å². The first-order chi connectivity index (χ1) is 8.25. The van der Waals surface area contributed by atoms with Crippen LogP contribution >= 0.6 is 11.6 Å². The largest absolute Gasteiger partial charge is 0.260 e. The Morgan fingerprint density at radius 1 is 1.18 bits per heavy atom. The van der Waals surface area contributed by atoms with E-state index in [1.807, 2.05) is 0 Å². The number of nitrogens with zero attached hydrogens (tertiary/aromatic N) is 3. The van der Waals surface area contributed by atoms with Gasteiger partial charge in [0.15, 0.2) is 11.0 Å². The summed E-state index contributed by atoms with van der Waals surface area (Å²) in [6.07, 6.45) is 1.37. The van der Waals surface area contributed by atoms with Gasteiger partial charge in [0.2, 0.25) is 0 Å². The SMILES string of the molecule is Fc1ccccc1/C=N\Nc1ccc(Cl)nn1. The van der Waals surface area contributed by atoms with Crippen molar-refractivity contribution < 1.29 is 4.39 Å². The van der Waals surface area contributed by atoms with Crippen molar-refractivity contribution in [1.82, 2.24) is 10.2 Å². The summed E-state index contributed by atoms with van der Waals surface area (Å²) in [7, 11) is 0. The Balaban J connectivity index is 2.03. The van der Waals surface area contributed by atoms with E-state index in [2.05, 4.69) is 20.7 Å². The van der Waals surface area contributed by atoms with E-state index in [1.165, 1.54) is 12.3 Å². The van der Waals surface area contributed by atoms with Crippen LogP contribution in [0.1, 0.15) is 5.56 Å². The maximum absolute atomic E-state index is 13.2. The van der Waals surface area contributed by atoms with E-state index in [0.717, 1.165) is 0 Å². The molecule has 1 heterocycles. The van der Waals surface area contributed by atoms with Gasteiger partial charge in [-0.05, 0) is 18.2 Å². The van der Waals surface area contributed by atoms with Crippen molar-refractivity contribution in [3.8, 4) is 0 Å². The minimum absolute atomic E-state index is 0.300. The molecule has 0 bridgehead atoms. The van der Waals surface area contributed by atoms with Crippen molar-refractivity contribution in [3.05, 3.63) is 52.9 Å². The third-order valence-corrected chi connectivity index (χ3v) is 2.12. The Kier molecular flexibility index (Phi) is 3.62. The molecule has 0 saturated carbocycles. The van der Waals surface area contributed by atoms with E-state index in [9.17, 15) is 4.39 Å². The van der Waals surface area contributed by atoms with E-state index in [-0.39, 0.29) is 5.82 Å². The highest BCUT2D eigenvalue weighted by atomic mass is 35.5. The third-order valence-electron chi connectivity index (χ3n) is 1.92. The smallest absolute Gasteiger partial charge is 0.168 e. The molecule has 17 heavy (non-hydrogen) atoms. The number of anilines is 1. The lowest BCUT2D eigenvalue weighted by atomic mass is 10.2. The van der Waals surface area contributed by atoms with Crippen LogP contribution in [0.2, 0.25) is 5.15 Å². The Labute approximate surface area is 102 Å². The van der Waals surface area contributed by atoms with E-state index in [1.54, 1.807) is 30.3 Å². The zero-order chi connectivity index (χ0) is 12.1. The van der Waals surface area contributed by atoms with Crippen LogP contribution in [0.5, 0.6) is 0 Å². The van der Waals surface area contributed by atoms with Crippen LogP contribution in [0.3, 0.4) is 0 Å². The zero-order valence-electron chi connectivity index (χ0n) is 8.64. The average molecular weight is 251 g/mol. The Hall–Kier alpha value is -2.01. The molecule has 1 N–H and O–H groups in total. The molecule has 6 heteroatoms. The molecular weight excluding hydrogens is 243 g/mol. The lowest BCUT2D eigenvalue weighted by Crippen LogP contribution is -1.96. The van der Waals surface area contributed by atoms with Crippen LogP contribution in [-0.4, -0.2) is 16.4 Å². The highest BCUT2D eigenvalue weighted by Gasteiger charge is 1.96. The van der Waals surface area contributed by atoms with Gasteiger partial charge in [-0.3, -0.25) is 5.43 Å². The minimum Gasteiger partial charge on any atom is -0.260 e. The van der Waals surface area contributed by atoms with Crippen LogP contribution in [0.15, 0.2) is 41.5 Å². The Morgan fingerprint density at radius 2 is 2.00 bits per heavy atom. The fraction of sp³-hybridized carbons (Fsp3) is 0. The molecule has 0 aliphatic carbocycles. The molecule has 86 valence electrons. The highest BCUT2D eigenvalue weighted by molar-refractivity contribution is 6.29. The molecule has 0 aliphatic rings. The minimum atomic E-state index is -0.333. The monoisotopic (exact) mass is 250 g/mol. The summed E-state index contributed by atoms with van der Waals surface area (Å²) in [5, 5.41) is 11.5. The predicted molar refractivity (Wildman–Crippen MR) is 64.7 cm³/mol. The number of aromatic nitrogens is 2. The summed E-state index contributed by atoms with van der Waals surface area (Å²) in [5.41, 5.74) is 3.01. The summed E-state index contributed by atoms with van der Waals surface area (Å²) >= 11 is 5.57. The first-order valence-corrected chi connectivity index (χ1v) is 5.16. The van der Waals surface area contributed by atoms with Crippen LogP contribution in [0.4, 0.5) is 10.2 Å². The van der Waals surface area contributed by atoms with Crippen molar-refractivity contribution in [2.45, 2.75) is 0 Å². The number of benzene rings is 1. The Bertz CT molecular complexity index is 527. The second kappa shape index (κ2) is 5.36. The molecule has 2 aromatic rings. The fourth-order valence-electron chi connectivity index (χ4n) is 1.12. The number of hydrazone groups is 1. The molecule has 0 unspecified atom stereocenters. The van der Waals surface area contributed by atoms with Crippen LogP contribution in [0, 0.1) is 5.82 Å². The second-order valence-electron chi connectivity index (χ2n) is 3.13. The van der Waals surface area contributed by atoms with Crippen molar-refractivity contribution in [3.63, 3.8) is 0 Å². The van der Waals surface area contributed by atoms with Crippen LogP contribution in [-0.2, 0) is 0 Å². The van der Waals surface area contributed by atoms with Gasteiger partial charge in [-0.25, -0.2) is 4.39 Å². The van der Waals surface area contributed by atoms with Gasteiger partial charge in [0.1, 0.15) is 5.82 Å². The summed E-state index contributed by atoms with van der Waals surface area (Å²) < 4.78 is 13.2. The maximum atomic E-state index is 13.2. The summed E-state index contributed by atoms with van der Waals surface area (Å²) in [5.74, 6) is 0.0993. The van der Waals surface area contributed by atoms with Crippen molar-refractivity contribution in [1.29, 1.82) is 0 Å². The Morgan fingerprint density at radius 3 is 2.71 bits per heavy atom. The number of nitrogens with one attached hydrogen (secondary N) is 1. The highest BCUT2D eigenvalue weighted by Crippen LogP contribution is 2.06. The van der Waals surface area contributed by atoms with Crippen molar-refractivity contribution in [2.75, 3.05) is 5.43 Å². The predicted octanol–water partition coefficient (Wildman–Crippen LogP) is 2.72. The van der Waals surface area contributed by atoms with Gasteiger partial charge in [0, 0.05) is 5.56 Å². The molecule has 0 fully saturated rings. The lowest BCUT2D eigenvalue weighted by molar-refractivity contribution is 0.626. The molecule has 0 radical (unpaired) electrons. The van der Waals surface area contributed by atoms with Gasteiger partial charge >= 0.3 is 0 Å². The molecule has 4 nitrogen and oxygen atoms in total. The quantitative estimate of drug-likeness (QED) is 0.673. The molecule has 0 amide bonds. The third kappa shape index (κ3) is 3.22. The number of halogens is 2. The first-order valence-electron chi connectivity index (χ1n) is 4.78. The molecule has 0 aliphatic heterocycles. The van der Waals surface area contributed by atoms with Gasteiger partial charge in [0.05, 0.1) is 6.21 Å². The fourth-order valence-corrected chi connectivity index (χ4v) is 1.22. The van der Waals surface area contributed by atoms with Gasteiger partial charge in [-0.15, -0.1) is 10.2 Å². The van der Waals surface area contributed by atoms with E-state index in [0.29, 0.717) is 16.5 Å². The van der Waals surface area contributed by atoms with Gasteiger partial charge in [-0.1, -0.05) is 29.8 Å². The normalized spacial score (nSPS) is 10.7. The molecule has 0 saturated heterocycles. The molecule has 0 spiro atoms. The van der Waals surface area contributed by atoms with E-state index < -0.39 is 0 Å². The number of rotatable bonds is 3.